The van der Waals surface area contributed by atoms with Crippen molar-refractivity contribution < 1.29 is 24.2 Å². The number of hydrogen-bond acceptors (Lipinski definition) is 5. The molecule has 7 nitrogen and oxygen atoms in total. The first-order chi connectivity index (χ1) is 11.1. The van der Waals surface area contributed by atoms with Gasteiger partial charge in [0.05, 0.1) is 25.5 Å². The van der Waals surface area contributed by atoms with Crippen LogP contribution in [0.2, 0.25) is 0 Å². The van der Waals surface area contributed by atoms with Gasteiger partial charge in [0, 0.05) is 6.20 Å². The highest BCUT2D eigenvalue weighted by Gasteiger charge is 2.39. The second kappa shape index (κ2) is 5.96. The Bertz CT molecular complexity index is 744. The summed E-state index contributed by atoms with van der Waals surface area (Å²) in [6.45, 7) is 0.229. The summed E-state index contributed by atoms with van der Waals surface area (Å²) in [5.41, 5.74) is 1.34. The average Bonchev–Trinajstić information content (AvgIpc) is 2.57. The van der Waals surface area contributed by atoms with Crippen LogP contribution in [-0.4, -0.2) is 35.2 Å². The van der Waals surface area contributed by atoms with Crippen molar-refractivity contribution in [3.63, 3.8) is 0 Å². The number of hydrogen-bond donors (Lipinski definition) is 1. The zero-order valence-corrected chi connectivity index (χ0v) is 12.3. The number of ether oxygens (including phenoxy) is 2. The Morgan fingerprint density at radius 1 is 1.35 bits per heavy atom. The van der Waals surface area contributed by atoms with E-state index in [0.29, 0.717) is 11.4 Å². The number of rotatable bonds is 4. The predicted octanol–water partition coefficient (Wildman–Crippen LogP) is 1.47. The Morgan fingerprint density at radius 3 is 2.74 bits per heavy atom. The Hall–Kier alpha value is -3.09. The Labute approximate surface area is 132 Å². The van der Waals surface area contributed by atoms with Crippen molar-refractivity contribution in [1.82, 2.24) is 4.98 Å². The van der Waals surface area contributed by atoms with Crippen LogP contribution in [-0.2, 0) is 16.1 Å². The number of carbonyl (C=O) groups is 2. The monoisotopic (exact) mass is 314 g/mol. The van der Waals surface area contributed by atoms with E-state index in [-0.39, 0.29) is 12.3 Å². The average molecular weight is 314 g/mol. The zero-order valence-electron chi connectivity index (χ0n) is 12.3. The van der Waals surface area contributed by atoms with Gasteiger partial charge in [-0.2, -0.15) is 0 Å². The molecule has 1 atom stereocenters. The van der Waals surface area contributed by atoms with Gasteiger partial charge in [0.1, 0.15) is 5.75 Å². The lowest BCUT2D eigenvalue weighted by Crippen LogP contribution is -2.49. The van der Waals surface area contributed by atoms with Gasteiger partial charge in [0.2, 0.25) is 0 Å². The number of fused-ring (bicyclic) bond motifs is 1. The molecule has 0 bridgehead atoms. The topological polar surface area (TPSA) is 89.0 Å². The van der Waals surface area contributed by atoms with Crippen molar-refractivity contribution in [2.45, 2.75) is 12.6 Å². The molecule has 1 unspecified atom stereocenters. The molecule has 7 heteroatoms. The van der Waals surface area contributed by atoms with Crippen molar-refractivity contribution in [3.8, 4) is 11.5 Å². The van der Waals surface area contributed by atoms with Crippen molar-refractivity contribution in [3.05, 3.63) is 48.3 Å². The summed E-state index contributed by atoms with van der Waals surface area (Å²) in [5, 5.41) is 9.18. The molecule has 23 heavy (non-hydrogen) atoms. The summed E-state index contributed by atoms with van der Waals surface area (Å²) in [6.07, 6.45) is 1.36. The number of aliphatic carboxylic acids is 1. The summed E-state index contributed by atoms with van der Waals surface area (Å²) < 4.78 is 10.3. The maximum absolute atomic E-state index is 12.4. The van der Waals surface area contributed by atoms with E-state index >= 15 is 0 Å². The number of carbonyl (C=O) groups excluding carboxylic acids is 1. The molecule has 0 spiro atoms. The Balaban J connectivity index is 1.94. The number of anilines is 1. The highest BCUT2D eigenvalue weighted by molar-refractivity contribution is 6.10. The highest BCUT2D eigenvalue weighted by atomic mass is 16.5. The van der Waals surface area contributed by atoms with Crippen LogP contribution in [0.3, 0.4) is 0 Å². The Morgan fingerprint density at radius 2 is 2.09 bits per heavy atom. The number of carboxylic acid groups (broad SMARTS) is 1. The molecule has 1 aromatic heterocycles. The third kappa shape index (κ3) is 2.80. The normalized spacial score (nSPS) is 16.5. The SMILES string of the molecule is COc1ccc(CN2C(=O)C(C(=O)O)Oc3cnccc32)cc1. The van der Waals surface area contributed by atoms with Crippen molar-refractivity contribution >= 4 is 17.6 Å². The number of nitrogens with zero attached hydrogens (tertiary/aromatic N) is 2. The van der Waals surface area contributed by atoms with Crippen LogP contribution in [0.4, 0.5) is 5.69 Å². The smallest absolute Gasteiger partial charge is 0.354 e. The van der Waals surface area contributed by atoms with Crippen LogP contribution in [0.15, 0.2) is 42.7 Å². The lowest BCUT2D eigenvalue weighted by Gasteiger charge is -2.32. The van der Waals surface area contributed by atoms with Gasteiger partial charge >= 0.3 is 5.97 Å². The number of aromatic nitrogens is 1. The molecular formula is C16H14N2O5. The van der Waals surface area contributed by atoms with E-state index in [1.807, 2.05) is 12.1 Å². The molecule has 0 saturated heterocycles. The van der Waals surface area contributed by atoms with Gasteiger partial charge in [-0.1, -0.05) is 12.1 Å². The van der Waals surface area contributed by atoms with Crippen LogP contribution in [0.5, 0.6) is 11.5 Å². The molecule has 1 aliphatic rings. The van der Waals surface area contributed by atoms with Gasteiger partial charge in [-0.3, -0.25) is 9.78 Å². The van der Waals surface area contributed by atoms with Crippen LogP contribution in [0.1, 0.15) is 5.56 Å². The number of amides is 1. The largest absolute Gasteiger partial charge is 0.497 e. The van der Waals surface area contributed by atoms with Crippen LogP contribution in [0.25, 0.3) is 0 Å². The van der Waals surface area contributed by atoms with E-state index in [1.165, 1.54) is 17.3 Å². The molecule has 1 aromatic carbocycles. The minimum absolute atomic E-state index is 0.229. The van der Waals surface area contributed by atoms with Crippen LogP contribution < -0.4 is 14.4 Å². The molecule has 1 aliphatic heterocycles. The molecule has 0 aliphatic carbocycles. The minimum Gasteiger partial charge on any atom is -0.497 e. The zero-order chi connectivity index (χ0) is 16.4. The quantitative estimate of drug-likeness (QED) is 0.860. The van der Waals surface area contributed by atoms with Crippen molar-refractivity contribution in [2.24, 2.45) is 0 Å². The van der Waals surface area contributed by atoms with E-state index in [1.54, 1.807) is 25.3 Å². The molecule has 1 amide bonds. The fourth-order valence-electron chi connectivity index (χ4n) is 2.36. The summed E-state index contributed by atoms with van der Waals surface area (Å²) in [4.78, 5) is 29.0. The van der Waals surface area contributed by atoms with E-state index in [2.05, 4.69) is 4.98 Å². The molecule has 3 rings (SSSR count). The lowest BCUT2D eigenvalue weighted by molar-refractivity contribution is -0.150. The van der Waals surface area contributed by atoms with Gasteiger partial charge in [-0.15, -0.1) is 0 Å². The standard InChI is InChI=1S/C16H14N2O5/c1-22-11-4-2-10(3-5-11)9-18-12-6-7-17-8-13(12)23-14(15(18)19)16(20)21/h2-8,14H,9H2,1H3,(H,20,21). The number of carboxylic acids is 1. The molecule has 2 aromatic rings. The summed E-state index contributed by atoms with van der Waals surface area (Å²) in [5.74, 6) is -0.973. The summed E-state index contributed by atoms with van der Waals surface area (Å²) >= 11 is 0. The van der Waals surface area contributed by atoms with Crippen LogP contribution >= 0.6 is 0 Å². The second-order valence-corrected chi connectivity index (χ2v) is 4.95. The first-order valence-corrected chi connectivity index (χ1v) is 6.88. The van der Waals surface area contributed by atoms with Gasteiger partial charge in [0.15, 0.2) is 5.75 Å². The van der Waals surface area contributed by atoms with E-state index in [9.17, 15) is 14.7 Å². The van der Waals surface area contributed by atoms with Gasteiger partial charge in [-0.05, 0) is 23.8 Å². The first kappa shape index (κ1) is 14.8. The highest BCUT2D eigenvalue weighted by Crippen LogP contribution is 2.34. The summed E-state index contributed by atoms with van der Waals surface area (Å²) in [7, 11) is 1.57. The predicted molar refractivity (Wildman–Crippen MR) is 80.5 cm³/mol. The Kier molecular flexibility index (Phi) is 3.84. The number of methoxy groups -OCH3 is 1. The van der Waals surface area contributed by atoms with Crippen molar-refractivity contribution in [2.75, 3.05) is 12.0 Å². The van der Waals surface area contributed by atoms with E-state index in [0.717, 1.165) is 5.56 Å². The minimum atomic E-state index is -1.56. The molecule has 2 heterocycles. The first-order valence-electron chi connectivity index (χ1n) is 6.88. The number of benzene rings is 1. The lowest BCUT2D eigenvalue weighted by atomic mass is 10.1. The second-order valence-electron chi connectivity index (χ2n) is 4.95. The third-order valence-corrected chi connectivity index (χ3v) is 3.51. The van der Waals surface area contributed by atoms with Gasteiger partial charge < -0.3 is 19.5 Å². The molecule has 0 radical (unpaired) electrons. The number of pyridine rings is 1. The molecule has 0 saturated carbocycles. The van der Waals surface area contributed by atoms with Gasteiger partial charge in [0.25, 0.3) is 12.0 Å². The van der Waals surface area contributed by atoms with E-state index in [4.69, 9.17) is 9.47 Å². The maximum atomic E-state index is 12.4. The summed E-state index contributed by atoms with van der Waals surface area (Å²) in [6, 6.07) is 8.82. The molecule has 0 fully saturated rings. The third-order valence-electron chi connectivity index (χ3n) is 3.51. The fraction of sp³-hybridized carbons (Fsp3) is 0.188. The molecular weight excluding hydrogens is 300 g/mol. The van der Waals surface area contributed by atoms with Crippen molar-refractivity contribution in [1.29, 1.82) is 0 Å². The fourth-order valence-corrected chi connectivity index (χ4v) is 2.36. The van der Waals surface area contributed by atoms with Gasteiger partial charge in [-0.25, -0.2) is 4.79 Å². The molecule has 1 N–H and O–H groups in total. The maximum Gasteiger partial charge on any atom is 0.354 e. The van der Waals surface area contributed by atoms with E-state index < -0.39 is 18.0 Å². The molecule has 118 valence electrons. The van der Waals surface area contributed by atoms with Crippen LogP contribution in [0, 0.1) is 0 Å².